The van der Waals surface area contributed by atoms with Crippen LogP contribution < -0.4 is 0 Å². The molecule has 2 heterocycles. The monoisotopic (exact) mass is 326 g/mol. The zero-order valence-electron chi connectivity index (χ0n) is 15.0. The first kappa shape index (κ1) is 16.7. The van der Waals surface area contributed by atoms with Gasteiger partial charge in [-0.25, -0.2) is 0 Å². The third-order valence-corrected chi connectivity index (χ3v) is 4.83. The van der Waals surface area contributed by atoms with Crippen molar-refractivity contribution in [3.8, 4) is 11.3 Å². The van der Waals surface area contributed by atoms with Crippen LogP contribution in [0, 0.1) is 0 Å². The molecule has 1 aliphatic heterocycles. The summed E-state index contributed by atoms with van der Waals surface area (Å²) in [6.07, 6.45) is 3.31. The maximum absolute atomic E-state index is 12.6. The first-order valence-corrected chi connectivity index (χ1v) is 8.75. The Hall–Kier alpha value is -2.10. The topological polar surface area (TPSA) is 46.3 Å². The molecule has 1 fully saturated rings. The Morgan fingerprint density at radius 2 is 1.92 bits per heavy atom. The fraction of sp³-hybridized carbons (Fsp3) is 0.500. The van der Waals surface area contributed by atoms with E-state index in [-0.39, 0.29) is 17.4 Å². The lowest BCUT2D eigenvalue weighted by Crippen LogP contribution is -2.42. The molecule has 1 aromatic carbocycles. The van der Waals surface area contributed by atoms with Gasteiger partial charge >= 0.3 is 0 Å². The summed E-state index contributed by atoms with van der Waals surface area (Å²) in [7, 11) is 0. The van der Waals surface area contributed by atoms with Gasteiger partial charge in [0, 0.05) is 24.2 Å². The molecule has 1 aromatic heterocycles. The number of carbonyl (C=O) groups excluding carboxylic acids is 1. The van der Waals surface area contributed by atoms with Gasteiger partial charge in [-0.3, -0.25) is 4.79 Å². The van der Waals surface area contributed by atoms with E-state index in [4.69, 9.17) is 4.52 Å². The predicted octanol–water partition coefficient (Wildman–Crippen LogP) is 4.65. The average molecular weight is 326 g/mol. The van der Waals surface area contributed by atoms with E-state index in [2.05, 4.69) is 45.0 Å². The number of hydrogen-bond donors (Lipinski definition) is 0. The molecule has 0 radical (unpaired) electrons. The van der Waals surface area contributed by atoms with Crippen molar-refractivity contribution in [2.24, 2.45) is 0 Å². The number of carbonyl (C=O) groups is 1. The molecule has 4 heteroatoms. The van der Waals surface area contributed by atoms with Crippen molar-refractivity contribution in [1.29, 1.82) is 0 Å². The van der Waals surface area contributed by atoms with Crippen LogP contribution in [0.1, 0.15) is 63.0 Å². The number of benzene rings is 1. The summed E-state index contributed by atoms with van der Waals surface area (Å²) in [6, 6.07) is 10.3. The normalized spacial score (nSPS) is 18.7. The highest BCUT2D eigenvalue weighted by Crippen LogP contribution is 2.27. The highest BCUT2D eigenvalue weighted by atomic mass is 16.5. The van der Waals surface area contributed by atoms with E-state index in [0.29, 0.717) is 11.5 Å². The SMILES string of the molecule is C[C@@H]1CCCCN1C(=O)c1cc(-c2ccc(C(C)(C)C)cc2)on1. The third kappa shape index (κ3) is 3.37. The van der Waals surface area contributed by atoms with Crippen molar-refractivity contribution in [2.45, 2.75) is 58.4 Å². The fourth-order valence-electron chi connectivity index (χ4n) is 3.19. The summed E-state index contributed by atoms with van der Waals surface area (Å²) < 4.78 is 5.43. The molecule has 0 spiro atoms. The van der Waals surface area contributed by atoms with Gasteiger partial charge in [0.05, 0.1) is 0 Å². The summed E-state index contributed by atoms with van der Waals surface area (Å²) >= 11 is 0. The summed E-state index contributed by atoms with van der Waals surface area (Å²) in [4.78, 5) is 14.6. The lowest BCUT2D eigenvalue weighted by atomic mass is 9.86. The second-order valence-electron chi connectivity index (χ2n) is 7.75. The van der Waals surface area contributed by atoms with Crippen LogP contribution in [0.15, 0.2) is 34.9 Å². The van der Waals surface area contributed by atoms with Crippen LogP contribution in [-0.4, -0.2) is 28.6 Å². The number of likely N-dealkylation sites (tertiary alicyclic amines) is 1. The molecule has 128 valence electrons. The van der Waals surface area contributed by atoms with Crippen LogP contribution in [0.5, 0.6) is 0 Å². The maximum atomic E-state index is 12.6. The zero-order valence-corrected chi connectivity index (χ0v) is 15.0. The van der Waals surface area contributed by atoms with E-state index in [1.54, 1.807) is 6.07 Å². The highest BCUT2D eigenvalue weighted by Gasteiger charge is 2.26. The minimum absolute atomic E-state index is 0.0245. The Morgan fingerprint density at radius 1 is 1.21 bits per heavy atom. The molecule has 1 amide bonds. The molecule has 0 unspecified atom stereocenters. The van der Waals surface area contributed by atoms with Crippen LogP contribution in [0.4, 0.5) is 0 Å². The number of hydrogen-bond acceptors (Lipinski definition) is 3. The molecular weight excluding hydrogens is 300 g/mol. The maximum Gasteiger partial charge on any atom is 0.276 e. The number of nitrogens with zero attached hydrogens (tertiary/aromatic N) is 2. The first-order chi connectivity index (χ1) is 11.4. The number of rotatable bonds is 2. The third-order valence-electron chi connectivity index (χ3n) is 4.83. The van der Waals surface area contributed by atoms with Gasteiger partial charge < -0.3 is 9.42 Å². The van der Waals surface area contributed by atoms with Gasteiger partial charge in [-0.05, 0) is 37.2 Å². The van der Waals surface area contributed by atoms with Gasteiger partial charge in [0.25, 0.3) is 5.91 Å². The Labute approximate surface area is 143 Å². The van der Waals surface area contributed by atoms with Crippen molar-refractivity contribution in [1.82, 2.24) is 10.1 Å². The second-order valence-corrected chi connectivity index (χ2v) is 7.75. The van der Waals surface area contributed by atoms with Crippen molar-refractivity contribution in [3.05, 3.63) is 41.6 Å². The van der Waals surface area contributed by atoms with E-state index in [0.717, 1.165) is 24.9 Å². The van der Waals surface area contributed by atoms with Crippen LogP contribution in [0.2, 0.25) is 0 Å². The van der Waals surface area contributed by atoms with E-state index >= 15 is 0 Å². The van der Waals surface area contributed by atoms with Gasteiger partial charge in [-0.15, -0.1) is 0 Å². The van der Waals surface area contributed by atoms with E-state index in [9.17, 15) is 4.79 Å². The molecule has 4 nitrogen and oxygen atoms in total. The summed E-state index contributed by atoms with van der Waals surface area (Å²) in [5.74, 6) is 0.618. The van der Waals surface area contributed by atoms with Crippen molar-refractivity contribution < 1.29 is 9.32 Å². The first-order valence-electron chi connectivity index (χ1n) is 8.75. The van der Waals surface area contributed by atoms with Gasteiger partial charge in [0.1, 0.15) is 0 Å². The lowest BCUT2D eigenvalue weighted by molar-refractivity contribution is 0.0625. The molecule has 0 bridgehead atoms. The molecule has 24 heavy (non-hydrogen) atoms. The zero-order chi connectivity index (χ0) is 17.3. The predicted molar refractivity (Wildman–Crippen MR) is 95.0 cm³/mol. The molecule has 3 rings (SSSR count). The van der Waals surface area contributed by atoms with Crippen molar-refractivity contribution >= 4 is 5.91 Å². The fourth-order valence-corrected chi connectivity index (χ4v) is 3.19. The molecule has 1 atom stereocenters. The van der Waals surface area contributed by atoms with Crippen LogP contribution in [-0.2, 0) is 5.41 Å². The quantitative estimate of drug-likeness (QED) is 0.807. The van der Waals surface area contributed by atoms with Crippen molar-refractivity contribution in [3.63, 3.8) is 0 Å². The lowest BCUT2D eigenvalue weighted by Gasteiger charge is -2.32. The molecule has 1 saturated heterocycles. The molecule has 0 aliphatic carbocycles. The Balaban J connectivity index is 1.79. The largest absolute Gasteiger partial charge is 0.355 e. The standard InChI is InChI=1S/C20H26N2O2/c1-14-7-5-6-12-22(14)19(23)17-13-18(24-21-17)15-8-10-16(11-9-15)20(2,3)4/h8-11,13-14H,5-7,12H2,1-4H3/t14-/m1/s1. The average Bonchev–Trinajstić information content (AvgIpc) is 3.04. The van der Waals surface area contributed by atoms with Crippen LogP contribution in [0.25, 0.3) is 11.3 Å². The van der Waals surface area contributed by atoms with E-state index < -0.39 is 0 Å². The van der Waals surface area contributed by atoms with Crippen LogP contribution in [0.3, 0.4) is 0 Å². The minimum Gasteiger partial charge on any atom is -0.355 e. The van der Waals surface area contributed by atoms with Gasteiger partial charge in [-0.2, -0.15) is 0 Å². The molecule has 0 N–H and O–H groups in total. The van der Waals surface area contributed by atoms with E-state index in [1.807, 2.05) is 17.0 Å². The minimum atomic E-state index is -0.0245. The molecule has 0 saturated carbocycles. The van der Waals surface area contributed by atoms with Gasteiger partial charge in [0.2, 0.25) is 0 Å². The van der Waals surface area contributed by atoms with E-state index in [1.165, 1.54) is 12.0 Å². The van der Waals surface area contributed by atoms with Gasteiger partial charge in [-0.1, -0.05) is 50.2 Å². The van der Waals surface area contributed by atoms with Crippen molar-refractivity contribution in [2.75, 3.05) is 6.54 Å². The summed E-state index contributed by atoms with van der Waals surface area (Å²) in [6.45, 7) is 9.47. The van der Waals surface area contributed by atoms with Gasteiger partial charge in [0.15, 0.2) is 11.5 Å². The Morgan fingerprint density at radius 3 is 2.54 bits per heavy atom. The number of amides is 1. The smallest absolute Gasteiger partial charge is 0.276 e. The molecular formula is C20H26N2O2. The summed E-state index contributed by atoms with van der Waals surface area (Å²) in [5, 5.41) is 4.01. The number of aromatic nitrogens is 1. The second kappa shape index (κ2) is 6.42. The Bertz CT molecular complexity index is 710. The van der Waals surface area contributed by atoms with Crippen LogP contribution >= 0.6 is 0 Å². The molecule has 1 aliphatic rings. The Kier molecular flexibility index (Phi) is 4.48. The summed E-state index contributed by atoms with van der Waals surface area (Å²) in [5.41, 5.74) is 2.73. The molecule has 2 aromatic rings. The highest BCUT2D eigenvalue weighted by molar-refractivity contribution is 5.93. The number of piperidine rings is 1.